The molecule has 0 saturated carbocycles. The topological polar surface area (TPSA) is 87.7 Å². The summed E-state index contributed by atoms with van der Waals surface area (Å²) in [5.74, 6) is -0.630. The molecule has 7 heteroatoms. The molecule has 0 aromatic heterocycles. The van der Waals surface area contributed by atoms with E-state index in [1.54, 1.807) is 30.3 Å². The monoisotopic (exact) mass is 379 g/mol. The van der Waals surface area contributed by atoms with E-state index in [1.807, 2.05) is 12.1 Å². The number of ether oxygens (including phenoxy) is 1. The van der Waals surface area contributed by atoms with Gasteiger partial charge in [-0.25, -0.2) is 0 Å². The molecule has 0 bridgehead atoms. The highest BCUT2D eigenvalue weighted by Gasteiger charge is 2.27. The maximum atomic E-state index is 12.4. The maximum absolute atomic E-state index is 12.4. The molecular formula is C21H21N3O4. The number of anilines is 1. The van der Waals surface area contributed by atoms with Crippen LogP contribution in [0.1, 0.15) is 34.3 Å². The number of carbonyl (C=O) groups is 3. The van der Waals surface area contributed by atoms with Crippen molar-refractivity contribution in [2.24, 2.45) is 0 Å². The summed E-state index contributed by atoms with van der Waals surface area (Å²) in [5.41, 5.74) is 8.34. The average molecular weight is 379 g/mol. The molecule has 1 heterocycles. The summed E-state index contributed by atoms with van der Waals surface area (Å²) in [6.07, 6.45) is 4.33. The Labute approximate surface area is 162 Å². The lowest BCUT2D eigenvalue weighted by molar-refractivity contribution is -0.125. The fourth-order valence-electron chi connectivity index (χ4n) is 3.58. The number of hydrazine groups is 1. The van der Waals surface area contributed by atoms with Crippen LogP contribution in [0.25, 0.3) is 0 Å². The number of hydrogen-bond acceptors (Lipinski definition) is 4. The quantitative estimate of drug-likeness (QED) is 0.796. The second kappa shape index (κ2) is 7.72. The molecule has 28 heavy (non-hydrogen) atoms. The molecule has 0 radical (unpaired) electrons. The van der Waals surface area contributed by atoms with Gasteiger partial charge in [0, 0.05) is 5.56 Å². The van der Waals surface area contributed by atoms with Crippen LogP contribution in [0.2, 0.25) is 0 Å². The first-order valence-electron chi connectivity index (χ1n) is 9.35. The fraction of sp³-hybridized carbons (Fsp3) is 0.286. The Morgan fingerprint density at radius 3 is 2.64 bits per heavy atom. The van der Waals surface area contributed by atoms with Crippen molar-refractivity contribution >= 4 is 23.4 Å². The van der Waals surface area contributed by atoms with Crippen molar-refractivity contribution in [1.29, 1.82) is 0 Å². The molecule has 1 aliphatic carbocycles. The number of hydrogen-bond donors (Lipinski definition) is 2. The number of amides is 3. The lowest BCUT2D eigenvalue weighted by Gasteiger charge is -2.28. The smallest absolute Gasteiger partial charge is 0.269 e. The molecule has 2 N–H and O–H groups in total. The maximum Gasteiger partial charge on any atom is 0.269 e. The number of nitrogens with one attached hydrogen (secondary N) is 2. The number of benzene rings is 2. The zero-order valence-electron chi connectivity index (χ0n) is 15.4. The van der Waals surface area contributed by atoms with Crippen LogP contribution in [0.4, 0.5) is 5.69 Å². The molecule has 2 aromatic rings. The Morgan fingerprint density at radius 1 is 1.00 bits per heavy atom. The van der Waals surface area contributed by atoms with Gasteiger partial charge in [0.2, 0.25) is 0 Å². The summed E-state index contributed by atoms with van der Waals surface area (Å²) in [6.45, 7) is -0.324. The summed E-state index contributed by atoms with van der Waals surface area (Å²) in [6, 6.07) is 12.7. The lowest BCUT2D eigenvalue weighted by atomic mass is 9.90. The van der Waals surface area contributed by atoms with E-state index < -0.39 is 5.91 Å². The minimum Gasteiger partial charge on any atom is -0.482 e. The van der Waals surface area contributed by atoms with Crippen molar-refractivity contribution in [3.8, 4) is 5.75 Å². The number of para-hydroxylation sites is 2. The van der Waals surface area contributed by atoms with Gasteiger partial charge in [0.05, 0.1) is 5.69 Å². The van der Waals surface area contributed by atoms with Crippen molar-refractivity contribution in [2.45, 2.75) is 25.7 Å². The summed E-state index contributed by atoms with van der Waals surface area (Å²) in [7, 11) is 0. The van der Waals surface area contributed by atoms with Gasteiger partial charge >= 0.3 is 0 Å². The summed E-state index contributed by atoms with van der Waals surface area (Å²) in [5, 5.41) is 0. The summed E-state index contributed by atoms with van der Waals surface area (Å²) < 4.78 is 5.36. The molecule has 0 fully saturated rings. The van der Waals surface area contributed by atoms with Crippen LogP contribution in [0, 0.1) is 0 Å². The number of fused-ring (bicyclic) bond motifs is 2. The number of rotatable bonds is 3. The zero-order chi connectivity index (χ0) is 19.5. The molecule has 4 rings (SSSR count). The summed E-state index contributed by atoms with van der Waals surface area (Å²) >= 11 is 0. The van der Waals surface area contributed by atoms with Gasteiger partial charge in [-0.3, -0.25) is 30.1 Å². The van der Waals surface area contributed by atoms with Gasteiger partial charge in [0.1, 0.15) is 12.3 Å². The molecule has 0 spiro atoms. The number of aryl methyl sites for hydroxylation is 2. The van der Waals surface area contributed by atoms with E-state index in [0.717, 1.165) is 19.3 Å². The molecule has 3 amide bonds. The van der Waals surface area contributed by atoms with E-state index in [1.165, 1.54) is 22.4 Å². The van der Waals surface area contributed by atoms with Gasteiger partial charge in [-0.05, 0) is 61.1 Å². The Balaban J connectivity index is 1.37. The van der Waals surface area contributed by atoms with Crippen molar-refractivity contribution in [3.05, 3.63) is 59.2 Å². The predicted molar refractivity (Wildman–Crippen MR) is 103 cm³/mol. The van der Waals surface area contributed by atoms with Gasteiger partial charge in [0.25, 0.3) is 17.7 Å². The van der Waals surface area contributed by atoms with Crippen LogP contribution in [0.3, 0.4) is 0 Å². The van der Waals surface area contributed by atoms with Crippen LogP contribution in [0.5, 0.6) is 5.75 Å². The minimum absolute atomic E-state index is 0.119. The molecule has 7 nitrogen and oxygen atoms in total. The lowest BCUT2D eigenvalue weighted by Crippen LogP contribution is -2.49. The molecule has 144 valence electrons. The second-order valence-electron chi connectivity index (χ2n) is 6.93. The van der Waals surface area contributed by atoms with E-state index in [2.05, 4.69) is 10.9 Å². The van der Waals surface area contributed by atoms with Crippen LogP contribution >= 0.6 is 0 Å². The Morgan fingerprint density at radius 2 is 1.79 bits per heavy atom. The molecular weight excluding hydrogens is 358 g/mol. The molecule has 2 aliphatic rings. The van der Waals surface area contributed by atoms with Crippen molar-refractivity contribution in [1.82, 2.24) is 10.9 Å². The van der Waals surface area contributed by atoms with Gasteiger partial charge < -0.3 is 4.74 Å². The Kier molecular flexibility index (Phi) is 4.97. The fourth-order valence-corrected chi connectivity index (χ4v) is 3.58. The van der Waals surface area contributed by atoms with E-state index in [4.69, 9.17) is 4.74 Å². The highest BCUT2D eigenvalue weighted by molar-refractivity contribution is 6.02. The third kappa shape index (κ3) is 3.69. The predicted octanol–water partition coefficient (Wildman–Crippen LogP) is 1.75. The third-order valence-corrected chi connectivity index (χ3v) is 5.04. The van der Waals surface area contributed by atoms with E-state index >= 15 is 0 Å². The molecule has 0 saturated heterocycles. The first-order chi connectivity index (χ1) is 13.6. The number of carbonyl (C=O) groups excluding carboxylic acids is 3. The average Bonchev–Trinajstić information content (AvgIpc) is 2.73. The summed E-state index contributed by atoms with van der Waals surface area (Å²) in [4.78, 5) is 38.1. The number of nitrogens with zero attached hydrogens (tertiary/aromatic N) is 1. The Hall–Kier alpha value is -3.35. The molecule has 0 atom stereocenters. The second-order valence-corrected chi connectivity index (χ2v) is 6.93. The van der Waals surface area contributed by atoms with Gasteiger partial charge in [-0.2, -0.15) is 0 Å². The zero-order valence-corrected chi connectivity index (χ0v) is 15.4. The van der Waals surface area contributed by atoms with Crippen LogP contribution < -0.4 is 20.5 Å². The van der Waals surface area contributed by atoms with E-state index in [9.17, 15) is 14.4 Å². The van der Waals surface area contributed by atoms with Gasteiger partial charge in [0.15, 0.2) is 6.61 Å². The van der Waals surface area contributed by atoms with E-state index in [0.29, 0.717) is 17.0 Å². The van der Waals surface area contributed by atoms with E-state index in [-0.39, 0.29) is 25.0 Å². The highest BCUT2D eigenvalue weighted by Crippen LogP contribution is 2.31. The Bertz CT molecular complexity index is 941. The van der Waals surface area contributed by atoms with Crippen LogP contribution in [0.15, 0.2) is 42.5 Å². The van der Waals surface area contributed by atoms with Crippen LogP contribution in [-0.2, 0) is 22.4 Å². The van der Waals surface area contributed by atoms with Crippen molar-refractivity contribution in [2.75, 3.05) is 18.1 Å². The van der Waals surface area contributed by atoms with Crippen LogP contribution in [-0.4, -0.2) is 30.9 Å². The SMILES string of the molecule is O=C(CN1C(=O)COc2ccccc21)NNC(=O)c1ccc2c(c1)CCCC2. The van der Waals surface area contributed by atoms with Gasteiger partial charge in [-0.1, -0.05) is 18.2 Å². The van der Waals surface area contributed by atoms with Gasteiger partial charge in [-0.15, -0.1) is 0 Å². The normalized spacial score (nSPS) is 15.1. The van der Waals surface area contributed by atoms with Crippen molar-refractivity contribution in [3.63, 3.8) is 0 Å². The first kappa shape index (κ1) is 18.0. The standard InChI is InChI=1S/C21H21N3O4/c25-19(12-24-17-7-3-4-8-18(17)28-13-20(24)26)22-23-21(27)16-10-9-14-5-1-2-6-15(14)11-16/h3-4,7-11H,1-2,5-6,12-13H2,(H,22,25)(H,23,27). The largest absolute Gasteiger partial charge is 0.482 e. The molecule has 0 unspecified atom stereocenters. The third-order valence-electron chi connectivity index (χ3n) is 5.04. The first-order valence-corrected chi connectivity index (χ1v) is 9.35. The highest BCUT2D eigenvalue weighted by atomic mass is 16.5. The minimum atomic E-state index is -0.489. The van der Waals surface area contributed by atoms with Crippen molar-refractivity contribution < 1.29 is 19.1 Å². The molecule has 2 aromatic carbocycles. The molecule has 1 aliphatic heterocycles.